The van der Waals surface area contributed by atoms with E-state index < -0.39 is 0 Å². The number of nitrogens with one attached hydrogen (secondary N) is 1. The van der Waals surface area contributed by atoms with Gasteiger partial charge >= 0.3 is 0 Å². The first kappa shape index (κ1) is 13.6. The Labute approximate surface area is 111 Å². The molecule has 0 aliphatic carbocycles. The molecule has 2 aliphatic rings. The van der Waals surface area contributed by atoms with Crippen molar-refractivity contribution in [3.63, 3.8) is 0 Å². The number of hydrogen-bond acceptors (Lipinski definition) is 2. The highest BCUT2D eigenvalue weighted by Crippen LogP contribution is 2.37. The Balaban J connectivity index is 1.82. The largest absolute Gasteiger partial charge is 0.356 e. The zero-order chi connectivity index (χ0) is 13.0. The number of hydrogen-bond donors (Lipinski definition) is 1. The van der Waals surface area contributed by atoms with E-state index >= 15 is 0 Å². The second-order valence-electron chi connectivity index (χ2n) is 5.86. The summed E-state index contributed by atoms with van der Waals surface area (Å²) in [5.74, 6) is 0.302. The number of carbonyl (C=O) groups excluding carboxylic acids is 1. The van der Waals surface area contributed by atoms with Crippen molar-refractivity contribution in [2.75, 3.05) is 26.2 Å². The molecule has 0 saturated carbocycles. The fourth-order valence-electron chi connectivity index (χ4n) is 3.11. The smallest absolute Gasteiger partial charge is 0.227 e. The molecular weight excluding hydrogens is 224 g/mol. The van der Waals surface area contributed by atoms with Crippen LogP contribution in [0.5, 0.6) is 0 Å². The summed E-state index contributed by atoms with van der Waals surface area (Å²) in [7, 11) is 0. The van der Waals surface area contributed by atoms with Gasteiger partial charge in [-0.1, -0.05) is 18.6 Å². The Morgan fingerprint density at radius 2 is 2.33 bits per heavy atom. The van der Waals surface area contributed by atoms with Crippen LogP contribution in [0.3, 0.4) is 0 Å². The van der Waals surface area contributed by atoms with Crippen molar-refractivity contribution in [3.8, 4) is 0 Å². The average Bonchev–Trinajstić information content (AvgIpc) is 2.78. The Kier molecular flexibility index (Phi) is 4.44. The minimum absolute atomic E-state index is 0.0538. The Morgan fingerprint density at radius 1 is 1.50 bits per heavy atom. The minimum atomic E-state index is -0.0538. The van der Waals surface area contributed by atoms with Crippen LogP contribution in [0.15, 0.2) is 11.6 Å². The van der Waals surface area contributed by atoms with Gasteiger partial charge in [-0.05, 0) is 45.6 Å². The van der Waals surface area contributed by atoms with E-state index in [0.717, 1.165) is 58.3 Å². The van der Waals surface area contributed by atoms with Crippen LogP contribution in [-0.4, -0.2) is 37.0 Å². The van der Waals surface area contributed by atoms with Gasteiger partial charge in [0.05, 0.1) is 5.41 Å². The summed E-state index contributed by atoms with van der Waals surface area (Å²) in [6, 6.07) is 0. The molecular formula is C15H26N2O. The summed E-state index contributed by atoms with van der Waals surface area (Å²) < 4.78 is 0. The average molecular weight is 250 g/mol. The molecule has 2 heterocycles. The predicted molar refractivity (Wildman–Crippen MR) is 74.4 cm³/mol. The van der Waals surface area contributed by atoms with Gasteiger partial charge in [0.1, 0.15) is 0 Å². The first-order valence-corrected chi connectivity index (χ1v) is 7.32. The van der Waals surface area contributed by atoms with E-state index in [9.17, 15) is 4.79 Å². The fraction of sp³-hybridized carbons (Fsp3) is 0.800. The van der Waals surface area contributed by atoms with Crippen LogP contribution in [0, 0.1) is 5.41 Å². The lowest BCUT2D eigenvalue weighted by Gasteiger charge is -2.32. The highest BCUT2D eigenvalue weighted by Gasteiger charge is 2.45. The molecule has 2 fully saturated rings. The normalized spacial score (nSPS) is 29.9. The van der Waals surface area contributed by atoms with Crippen molar-refractivity contribution in [1.82, 2.24) is 10.2 Å². The maximum atomic E-state index is 12.0. The van der Waals surface area contributed by atoms with E-state index in [-0.39, 0.29) is 5.41 Å². The molecule has 2 rings (SSSR count). The molecule has 1 spiro atoms. The predicted octanol–water partition coefficient (Wildman–Crippen LogP) is 2.33. The number of piperidine rings is 1. The monoisotopic (exact) mass is 250 g/mol. The van der Waals surface area contributed by atoms with E-state index in [1.54, 1.807) is 0 Å². The molecule has 3 nitrogen and oxygen atoms in total. The Morgan fingerprint density at radius 3 is 3.06 bits per heavy atom. The molecule has 2 aliphatic heterocycles. The van der Waals surface area contributed by atoms with Gasteiger partial charge in [0, 0.05) is 19.6 Å². The van der Waals surface area contributed by atoms with Crippen LogP contribution in [0.25, 0.3) is 0 Å². The van der Waals surface area contributed by atoms with Crippen LogP contribution in [0.4, 0.5) is 0 Å². The highest BCUT2D eigenvalue weighted by molar-refractivity contribution is 5.83. The molecule has 1 unspecified atom stereocenters. The summed E-state index contributed by atoms with van der Waals surface area (Å²) in [6.45, 7) is 8.43. The standard InChI is InChI=1S/C15H26N2O/c1-3-13(2)6-4-10-17-11-8-15(12-17)7-5-9-16-14(15)18/h6H,3-5,7-12H2,1-2H3,(H,16,18)/b13-6+. The molecule has 0 aromatic heterocycles. The van der Waals surface area contributed by atoms with Crippen LogP contribution >= 0.6 is 0 Å². The lowest BCUT2D eigenvalue weighted by Crippen LogP contribution is -2.47. The van der Waals surface area contributed by atoms with Gasteiger partial charge in [0.15, 0.2) is 0 Å². The highest BCUT2D eigenvalue weighted by atomic mass is 16.2. The molecule has 1 atom stereocenters. The van der Waals surface area contributed by atoms with E-state index in [2.05, 4.69) is 30.1 Å². The maximum absolute atomic E-state index is 12.0. The third kappa shape index (κ3) is 2.94. The lowest BCUT2D eigenvalue weighted by atomic mass is 9.79. The van der Waals surface area contributed by atoms with Gasteiger partial charge in [0.2, 0.25) is 5.91 Å². The molecule has 0 aromatic carbocycles. The SMILES string of the molecule is CC/C(C)=C/CCN1CCC2(CCCNC2=O)C1. The zero-order valence-electron chi connectivity index (χ0n) is 11.8. The second-order valence-corrected chi connectivity index (χ2v) is 5.86. The third-order valence-electron chi connectivity index (χ3n) is 4.53. The minimum Gasteiger partial charge on any atom is -0.356 e. The molecule has 1 amide bonds. The first-order chi connectivity index (χ1) is 8.66. The van der Waals surface area contributed by atoms with Crippen molar-refractivity contribution in [1.29, 1.82) is 0 Å². The summed E-state index contributed by atoms with van der Waals surface area (Å²) in [6.07, 6.45) is 7.89. The molecule has 0 bridgehead atoms. The van der Waals surface area contributed by atoms with Crippen molar-refractivity contribution >= 4 is 5.91 Å². The summed E-state index contributed by atoms with van der Waals surface area (Å²) in [4.78, 5) is 14.5. The van der Waals surface area contributed by atoms with Crippen LogP contribution < -0.4 is 5.32 Å². The number of amides is 1. The van der Waals surface area contributed by atoms with Gasteiger partial charge in [0.25, 0.3) is 0 Å². The number of rotatable bonds is 4. The molecule has 3 heteroatoms. The zero-order valence-corrected chi connectivity index (χ0v) is 11.8. The Hall–Kier alpha value is -0.830. The summed E-state index contributed by atoms with van der Waals surface area (Å²) in [5.41, 5.74) is 1.42. The van der Waals surface area contributed by atoms with E-state index in [0.29, 0.717) is 5.91 Å². The van der Waals surface area contributed by atoms with Gasteiger partial charge in [-0.15, -0.1) is 0 Å². The number of carbonyl (C=O) groups is 1. The maximum Gasteiger partial charge on any atom is 0.227 e. The molecule has 0 aromatic rings. The number of nitrogens with zero attached hydrogens (tertiary/aromatic N) is 1. The van der Waals surface area contributed by atoms with Gasteiger partial charge in [-0.3, -0.25) is 4.79 Å². The van der Waals surface area contributed by atoms with Crippen molar-refractivity contribution < 1.29 is 4.79 Å². The van der Waals surface area contributed by atoms with E-state index in [1.165, 1.54) is 5.57 Å². The van der Waals surface area contributed by atoms with Crippen molar-refractivity contribution in [2.45, 2.75) is 46.0 Å². The van der Waals surface area contributed by atoms with Gasteiger partial charge < -0.3 is 10.2 Å². The second kappa shape index (κ2) is 5.87. The van der Waals surface area contributed by atoms with E-state index in [1.807, 2.05) is 0 Å². The van der Waals surface area contributed by atoms with Crippen molar-refractivity contribution in [2.24, 2.45) is 5.41 Å². The summed E-state index contributed by atoms with van der Waals surface area (Å²) >= 11 is 0. The third-order valence-corrected chi connectivity index (χ3v) is 4.53. The fourth-order valence-corrected chi connectivity index (χ4v) is 3.11. The molecule has 0 radical (unpaired) electrons. The van der Waals surface area contributed by atoms with Gasteiger partial charge in [-0.25, -0.2) is 0 Å². The van der Waals surface area contributed by atoms with E-state index in [4.69, 9.17) is 0 Å². The molecule has 18 heavy (non-hydrogen) atoms. The molecule has 2 saturated heterocycles. The van der Waals surface area contributed by atoms with Crippen molar-refractivity contribution in [3.05, 3.63) is 11.6 Å². The molecule has 1 N–H and O–H groups in total. The molecule has 102 valence electrons. The lowest BCUT2D eigenvalue weighted by molar-refractivity contribution is -0.132. The number of allylic oxidation sites excluding steroid dienone is 1. The first-order valence-electron chi connectivity index (χ1n) is 7.32. The van der Waals surface area contributed by atoms with Crippen LogP contribution in [-0.2, 0) is 4.79 Å². The van der Waals surface area contributed by atoms with Crippen LogP contribution in [0.1, 0.15) is 46.0 Å². The summed E-state index contributed by atoms with van der Waals surface area (Å²) in [5, 5.41) is 3.04. The quantitative estimate of drug-likeness (QED) is 0.777. The van der Waals surface area contributed by atoms with Gasteiger partial charge in [-0.2, -0.15) is 0 Å². The number of likely N-dealkylation sites (tertiary alicyclic amines) is 1. The van der Waals surface area contributed by atoms with Crippen LogP contribution in [0.2, 0.25) is 0 Å². The Bertz CT molecular complexity index is 337. The topological polar surface area (TPSA) is 32.3 Å².